The summed E-state index contributed by atoms with van der Waals surface area (Å²) in [6.07, 6.45) is 1.86. The Kier molecular flexibility index (Phi) is 5.79. The smallest absolute Gasteiger partial charge is 0.231 e. The molecule has 0 aliphatic carbocycles. The lowest BCUT2D eigenvalue weighted by Gasteiger charge is -2.37. The van der Waals surface area contributed by atoms with E-state index in [1.165, 1.54) is 0 Å². The fraction of sp³-hybridized carbons (Fsp3) is 0.304. The number of nitrogens with zero attached hydrogens (tertiary/aromatic N) is 5. The van der Waals surface area contributed by atoms with Gasteiger partial charge >= 0.3 is 0 Å². The van der Waals surface area contributed by atoms with E-state index in [2.05, 4.69) is 50.9 Å². The summed E-state index contributed by atoms with van der Waals surface area (Å²) >= 11 is 0. The van der Waals surface area contributed by atoms with Gasteiger partial charge in [0.05, 0.1) is 12.8 Å². The Morgan fingerprint density at radius 2 is 1.59 bits per heavy atom. The molecule has 6 nitrogen and oxygen atoms in total. The highest BCUT2D eigenvalue weighted by Gasteiger charge is 2.21. The minimum absolute atomic E-state index is 0.739. The fourth-order valence-electron chi connectivity index (χ4n) is 3.76. The maximum Gasteiger partial charge on any atom is 0.231 e. The topological polar surface area (TPSA) is 44.7 Å². The summed E-state index contributed by atoms with van der Waals surface area (Å²) < 4.78 is 5.53. The standard InChI is InChI=1S/C23H27N5O/c1-3-28(19-9-5-4-6-10-19)23-24-14-13-22(25-23)27-17-15-26(16-18-27)20-11-7-8-12-21(20)29-2/h4-14H,3,15-18H2,1-2H3. The maximum absolute atomic E-state index is 5.53. The number of para-hydroxylation sites is 3. The number of methoxy groups -OCH3 is 1. The van der Waals surface area contributed by atoms with Crippen LogP contribution in [0.4, 0.5) is 23.1 Å². The van der Waals surface area contributed by atoms with E-state index in [4.69, 9.17) is 9.72 Å². The summed E-state index contributed by atoms with van der Waals surface area (Å²) in [5.41, 5.74) is 2.26. The average molecular weight is 390 g/mol. The van der Waals surface area contributed by atoms with Crippen molar-refractivity contribution in [3.05, 3.63) is 66.9 Å². The first-order valence-electron chi connectivity index (χ1n) is 10.1. The van der Waals surface area contributed by atoms with Gasteiger partial charge in [-0.2, -0.15) is 4.98 Å². The first-order chi connectivity index (χ1) is 14.3. The van der Waals surface area contributed by atoms with Gasteiger partial charge in [-0.3, -0.25) is 0 Å². The van der Waals surface area contributed by atoms with Gasteiger partial charge in [0.1, 0.15) is 11.6 Å². The predicted molar refractivity (Wildman–Crippen MR) is 119 cm³/mol. The Balaban J connectivity index is 1.49. The number of hydrogen-bond acceptors (Lipinski definition) is 6. The third kappa shape index (κ3) is 4.11. The quantitative estimate of drug-likeness (QED) is 0.636. The van der Waals surface area contributed by atoms with E-state index in [0.29, 0.717) is 0 Å². The number of benzene rings is 2. The summed E-state index contributed by atoms with van der Waals surface area (Å²) in [5.74, 6) is 2.64. The predicted octanol–water partition coefficient (Wildman–Crippen LogP) is 3.97. The summed E-state index contributed by atoms with van der Waals surface area (Å²) in [6.45, 7) is 6.60. The highest BCUT2D eigenvalue weighted by Crippen LogP contribution is 2.29. The normalized spacial score (nSPS) is 14.0. The van der Waals surface area contributed by atoms with Crippen molar-refractivity contribution in [2.24, 2.45) is 0 Å². The largest absolute Gasteiger partial charge is 0.495 e. The van der Waals surface area contributed by atoms with E-state index in [1.807, 2.05) is 42.6 Å². The van der Waals surface area contributed by atoms with Crippen molar-refractivity contribution >= 4 is 23.1 Å². The van der Waals surface area contributed by atoms with E-state index >= 15 is 0 Å². The van der Waals surface area contributed by atoms with Crippen molar-refractivity contribution in [2.45, 2.75) is 6.92 Å². The van der Waals surface area contributed by atoms with E-state index in [9.17, 15) is 0 Å². The number of ether oxygens (including phenoxy) is 1. The molecule has 0 spiro atoms. The van der Waals surface area contributed by atoms with Crippen molar-refractivity contribution in [1.82, 2.24) is 9.97 Å². The Morgan fingerprint density at radius 1 is 0.897 bits per heavy atom. The number of piperazine rings is 1. The van der Waals surface area contributed by atoms with Crippen molar-refractivity contribution in [1.29, 1.82) is 0 Å². The van der Waals surface area contributed by atoms with Gasteiger partial charge in [0.15, 0.2) is 0 Å². The molecule has 0 atom stereocenters. The van der Waals surface area contributed by atoms with E-state index in [-0.39, 0.29) is 0 Å². The zero-order valence-corrected chi connectivity index (χ0v) is 17.0. The van der Waals surface area contributed by atoms with Gasteiger partial charge < -0.3 is 19.4 Å². The molecule has 0 N–H and O–H groups in total. The van der Waals surface area contributed by atoms with Crippen LogP contribution in [0.25, 0.3) is 0 Å². The SMILES string of the molecule is CCN(c1ccccc1)c1nccc(N2CCN(c3ccccc3OC)CC2)n1. The van der Waals surface area contributed by atoms with E-state index in [0.717, 1.165) is 61.6 Å². The summed E-state index contributed by atoms with van der Waals surface area (Å²) in [7, 11) is 1.73. The lowest BCUT2D eigenvalue weighted by molar-refractivity contribution is 0.413. The molecule has 0 bridgehead atoms. The Morgan fingerprint density at radius 3 is 2.31 bits per heavy atom. The second-order valence-corrected chi connectivity index (χ2v) is 6.94. The molecule has 2 aromatic carbocycles. The number of aromatic nitrogens is 2. The summed E-state index contributed by atoms with van der Waals surface area (Å²) in [6, 6.07) is 20.5. The molecule has 150 valence electrons. The minimum atomic E-state index is 0.739. The van der Waals surface area contributed by atoms with E-state index < -0.39 is 0 Å². The van der Waals surface area contributed by atoms with Gasteiger partial charge in [-0.15, -0.1) is 0 Å². The highest BCUT2D eigenvalue weighted by atomic mass is 16.5. The van der Waals surface area contributed by atoms with Crippen molar-refractivity contribution in [3.8, 4) is 5.75 Å². The van der Waals surface area contributed by atoms with Crippen LogP contribution in [0.2, 0.25) is 0 Å². The van der Waals surface area contributed by atoms with Gasteiger partial charge in [0.2, 0.25) is 5.95 Å². The Labute approximate surface area is 172 Å². The lowest BCUT2D eigenvalue weighted by Crippen LogP contribution is -2.47. The Bertz CT molecular complexity index is 925. The maximum atomic E-state index is 5.53. The molecule has 4 rings (SSSR count). The number of rotatable bonds is 6. The van der Waals surface area contributed by atoms with Crippen LogP contribution in [0, 0.1) is 0 Å². The highest BCUT2D eigenvalue weighted by molar-refractivity contribution is 5.61. The van der Waals surface area contributed by atoms with Crippen LogP contribution in [-0.4, -0.2) is 49.8 Å². The second-order valence-electron chi connectivity index (χ2n) is 6.94. The summed E-state index contributed by atoms with van der Waals surface area (Å²) in [4.78, 5) is 16.2. The molecule has 3 aromatic rings. The van der Waals surface area contributed by atoms with Crippen LogP contribution < -0.4 is 19.4 Å². The molecule has 0 radical (unpaired) electrons. The minimum Gasteiger partial charge on any atom is -0.495 e. The molecule has 0 amide bonds. The third-order valence-electron chi connectivity index (χ3n) is 5.28. The average Bonchev–Trinajstić information content (AvgIpc) is 2.80. The molecule has 29 heavy (non-hydrogen) atoms. The van der Waals surface area contributed by atoms with Crippen LogP contribution in [-0.2, 0) is 0 Å². The molecule has 0 unspecified atom stereocenters. The third-order valence-corrected chi connectivity index (χ3v) is 5.28. The molecule has 0 saturated carbocycles. The molecule has 6 heteroatoms. The van der Waals surface area contributed by atoms with Crippen molar-refractivity contribution in [2.75, 3.05) is 54.5 Å². The first kappa shape index (κ1) is 19.1. The fourth-order valence-corrected chi connectivity index (χ4v) is 3.76. The molecule has 1 saturated heterocycles. The van der Waals surface area contributed by atoms with Crippen LogP contribution in [0.1, 0.15) is 6.92 Å². The molecular weight excluding hydrogens is 362 g/mol. The first-order valence-corrected chi connectivity index (χ1v) is 10.1. The Hall–Kier alpha value is -3.28. The van der Waals surface area contributed by atoms with Gasteiger partial charge in [0, 0.05) is 44.6 Å². The zero-order valence-electron chi connectivity index (χ0n) is 17.0. The van der Waals surface area contributed by atoms with Crippen LogP contribution >= 0.6 is 0 Å². The molecule has 1 aliphatic rings. The van der Waals surface area contributed by atoms with E-state index in [1.54, 1.807) is 7.11 Å². The molecule has 1 aliphatic heterocycles. The van der Waals surface area contributed by atoms with Gasteiger partial charge in [-0.1, -0.05) is 30.3 Å². The van der Waals surface area contributed by atoms with Crippen molar-refractivity contribution < 1.29 is 4.74 Å². The van der Waals surface area contributed by atoms with Gasteiger partial charge in [-0.25, -0.2) is 4.98 Å². The van der Waals surface area contributed by atoms with Crippen LogP contribution in [0.3, 0.4) is 0 Å². The molecular formula is C23H27N5O. The second kappa shape index (κ2) is 8.82. The number of anilines is 4. The van der Waals surface area contributed by atoms with Gasteiger partial charge in [0.25, 0.3) is 0 Å². The lowest BCUT2D eigenvalue weighted by atomic mass is 10.2. The number of hydrogen-bond donors (Lipinski definition) is 0. The molecule has 1 aromatic heterocycles. The zero-order chi connectivity index (χ0) is 20.1. The van der Waals surface area contributed by atoms with Gasteiger partial charge in [-0.05, 0) is 37.3 Å². The van der Waals surface area contributed by atoms with Crippen LogP contribution in [0.5, 0.6) is 5.75 Å². The van der Waals surface area contributed by atoms with Crippen LogP contribution in [0.15, 0.2) is 66.9 Å². The summed E-state index contributed by atoms with van der Waals surface area (Å²) in [5, 5.41) is 0. The van der Waals surface area contributed by atoms with Crippen molar-refractivity contribution in [3.63, 3.8) is 0 Å². The monoisotopic (exact) mass is 389 g/mol. The molecule has 2 heterocycles. The molecule has 1 fully saturated rings.